The molecule has 2 fully saturated rings. The fraction of sp³-hybridized carbons (Fsp3) is 0.400. The topological polar surface area (TPSA) is 126 Å². The molecule has 2 aliphatic heterocycles. The maximum Gasteiger partial charge on any atom is 0.291 e. The second-order valence-electron chi connectivity index (χ2n) is 12.8. The minimum Gasteiger partial charge on any atom is -0.481 e. The number of anilines is 1. The van der Waals surface area contributed by atoms with Crippen LogP contribution in [-0.4, -0.2) is 69.0 Å². The Morgan fingerprint density at radius 3 is 2.69 bits per heavy atom. The van der Waals surface area contributed by atoms with E-state index >= 15 is 0 Å². The second kappa shape index (κ2) is 13.8. The van der Waals surface area contributed by atoms with Crippen LogP contribution in [-0.2, 0) is 31.4 Å². The Bertz CT molecular complexity index is 1870. The summed E-state index contributed by atoms with van der Waals surface area (Å²) < 4.78 is 7.52. The fourth-order valence-electron chi connectivity index (χ4n) is 6.57. The minimum atomic E-state index is -0.327. The number of nitrogens with one attached hydrogen (secondary N) is 3. The summed E-state index contributed by atoms with van der Waals surface area (Å²) >= 11 is 13.9. The summed E-state index contributed by atoms with van der Waals surface area (Å²) in [6.07, 6.45) is 6.54. The van der Waals surface area contributed by atoms with E-state index in [1.165, 1.54) is 12.8 Å². The number of carbonyl (C=O) groups is 2. The first kappa shape index (κ1) is 32.5. The lowest BCUT2D eigenvalue weighted by molar-refractivity contribution is -0.119. The van der Waals surface area contributed by atoms with E-state index in [1.54, 1.807) is 31.5 Å². The van der Waals surface area contributed by atoms with E-state index in [2.05, 4.69) is 25.8 Å². The number of amides is 2. The highest BCUT2D eigenvalue weighted by Crippen LogP contribution is 2.40. The van der Waals surface area contributed by atoms with Crippen molar-refractivity contribution in [2.24, 2.45) is 13.0 Å². The van der Waals surface area contributed by atoms with Crippen molar-refractivity contribution in [3.05, 3.63) is 75.4 Å². The molecule has 7 rings (SSSR count). The number of hydrogen-bond acceptors (Lipinski definition) is 8. The van der Waals surface area contributed by atoms with Gasteiger partial charge in [-0.2, -0.15) is 0 Å². The van der Waals surface area contributed by atoms with Crippen molar-refractivity contribution in [1.82, 2.24) is 35.1 Å². The summed E-state index contributed by atoms with van der Waals surface area (Å²) in [6, 6.07) is 11.1. The van der Waals surface area contributed by atoms with Gasteiger partial charge in [0.25, 0.3) is 5.91 Å². The van der Waals surface area contributed by atoms with Gasteiger partial charge in [0.2, 0.25) is 11.8 Å². The molecule has 3 aliphatic rings. The zero-order valence-electron chi connectivity index (χ0n) is 27.0. The normalized spacial score (nSPS) is 17.7. The van der Waals surface area contributed by atoms with E-state index in [-0.39, 0.29) is 17.9 Å². The molecular weight excluding hydrogens is 651 g/mol. The van der Waals surface area contributed by atoms with Crippen molar-refractivity contribution < 1.29 is 14.3 Å². The number of fused-ring (bicyclic) bond motifs is 1. The molecule has 13 heteroatoms. The van der Waals surface area contributed by atoms with Crippen molar-refractivity contribution in [2.75, 3.05) is 32.1 Å². The van der Waals surface area contributed by atoms with E-state index in [0.29, 0.717) is 69.5 Å². The summed E-state index contributed by atoms with van der Waals surface area (Å²) in [5, 5.41) is 10.00. The Balaban J connectivity index is 1.08. The van der Waals surface area contributed by atoms with E-state index in [9.17, 15) is 9.59 Å². The molecule has 250 valence electrons. The molecule has 0 radical (unpaired) electrons. The zero-order valence-corrected chi connectivity index (χ0v) is 28.5. The van der Waals surface area contributed by atoms with Crippen LogP contribution in [0, 0.1) is 5.92 Å². The van der Waals surface area contributed by atoms with Gasteiger partial charge in [-0.25, -0.2) is 9.97 Å². The third-order valence-electron chi connectivity index (χ3n) is 9.34. The molecule has 1 aromatic carbocycles. The lowest BCUT2D eigenvalue weighted by Crippen LogP contribution is -2.35. The van der Waals surface area contributed by atoms with Crippen LogP contribution < -0.4 is 20.7 Å². The molecule has 5 heterocycles. The van der Waals surface area contributed by atoms with Gasteiger partial charge < -0.3 is 25.3 Å². The van der Waals surface area contributed by atoms with Crippen LogP contribution in [0.25, 0.3) is 22.5 Å². The number of imidazole rings is 1. The Labute approximate surface area is 289 Å². The van der Waals surface area contributed by atoms with Crippen LogP contribution in [0.3, 0.4) is 0 Å². The van der Waals surface area contributed by atoms with Gasteiger partial charge in [-0.15, -0.1) is 0 Å². The molecule has 3 N–H and O–H groups in total. The molecule has 4 aromatic rings. The minimum absolute atomic E-state index is 0.0923. The van der Waals surface area contributed by atoms with Crippen LogP contribution in [0.4, 0.5) is 5.69 Å². The van der Waals surface area contributed by atoms with Gasteiger partial charge in [0, 0.05) is 87.2 Å². The smallest absolute Gasteiger partial charge is 0.291 e. The molecule has 2 amide bonds. The van der Waals surface area contributed by atoms with Gasteiger partial charge in [-0.05, 0) is 43.4 Å². The van der Waals surface area contributed by atoms with Crippen molar-refractivity contribution >= 4 is 40.7 Å². The fourth-order valence-corrected chi connectivity index (χ4v) is 7.14. The number of rotatable bonds is 11. The van der Waals surface area contributed by atoms with Gasteiger partial charge in [-0.3, -0.25) is 19.5 Å². The van der Waals surface area contributed by atoms with Crippen LogP contribution in [0.15, 0.2) is 42.6 Å². The first-order valence-electron chi connectivity index (χ1n) is 16.3. The standard InChI is InChI=1S/C35H38Cl2N8O3/c1-44-28-13-15-45(18-20-6-7-20)19-27(28)41-33(44)34(47)42-26-5-3-4-24(30(26)36)32-31(37)23(12-14-39-32)25-10-8-21(35(43-25)48-2)16-38-17-22-9-11-29(46)40-22/h3-5,8,10,12,14,20,22,38H,6-7,9,11,13,15-19H2,1-2H3,(H,40,46)(H,42,47)/t22-/m0/s1. The molecule has 0 bridgehead atoms. The summed E-state index contributed by atoms with van der Waals surface area (Å²) in [6.45, 7) is 4.06. The predicted octanol–water partition coefficient (Wildman–Crippen LogP) is 5.25. The molecule has 3 aromatic heterocycles. The third-order valence-corrected chi connectivity index (χ3v) is 10.1. The summed E-state index contributed by atoms with van der Waals surface area (Å²) in [4.78, 5) is 41.5. The predicted molar refractivity (Wildman–Crippen MR) is 185 cm³/mol. The second-order valence-corrected chi connectivity index (χ2v) is 13.5. The van der Waals surface area contributed by atoms with E-state index in [0.717, 1.165) is 55.3 Å². The highest BCUT2D eigenvalue weighted by atomic mass is 35.5. The molecular formula is C35H38Cl2N8O3. The first-order valence-corrected chi connectivity index (χ1v) is 17.1. The molecule has 11 nitrogen and oxygen atoms in total. The van der Waals surface area contributed by atoms with E-state index in [1.807, 2.05) is 29.8 Å². The van der Waals surface area contributed by atoms with Crippen molar-refractivity contribution in [1.29, 1.82) is 0 Å². The van der Waals surface area contributed by atoms with E-state index < -0.39 is 0 Å². The lowest BCUT2D eigenvalue weighted by Gasteiger charge is -2.26. The van der Waals surface area contributed by atoms with Gasteiger partial charge in [0.15, 0.2) is 5.82 Å². The lowest BCUT2D eigenvalue weighted by atomic mass is 10.1. The summed E-state index contributed by atoms with van der Waals surface area (Å²) in [5.41, 5.74) is 5.70. The number of aromatic nitrogens is 4. The van der Waals surface area contributed by atoms with Gasteiger partial charge >= 0.3 is 0 Å². The Kier molecular flexibility index (Phi) is 9.37. The number of halogens is 2. The molecule has 1 saturated carbocycles. The Morgan fingerprint density at radius 2 is 1.92 bits per heavy atom. The number of ether oxygens (including phenoxy) is 1. The van der Waals surface area contributed by atoms with Gasteiger partial charge in [0.05, 0.1) is 39.9 Å². The molecule has 1 aliphatic carbocycles. The van der Waals surface area contributed by atoms with Crippen LogP contribution in [0.5, 0.6) is 5.88 Å². The quantitative estimate of drug-likeness (QED) is 0.195. The van der Waals surface area contributed by atoms with Crippen molar-refractivity contribution in [2.45, 2.75) is 51.2 Å². The molecule has 48 heavy (non-hydrogen) atoms. The first-order chi connectivity index (χ1) is 23.3. The average Bonchev–Trinajstić information content (AvgIpc) is 3.71. The number of hydrogen-bond donors (Lipinski definition) is 3. The summed E-state index contributed by atoms with van der Waals surface area (Å²) in [7, 11) is 3.48. The van der Waals surface area contributed by atoms with Crippen molar-refractivity contribution in [3.8, 4) is 28.4 Å². The Hall–Kier alpha value is -4.03. The average molecular weight is 690 g/mol. The molecule has 0 spiro atoms. The Morgan fingerprint density at radius 1 is 1.06 bits per heavy atom. The van der Waals surface area contributed by atoms with Crippen LogP contribution in [0.2, 0.25) is 10.0 Å². The number of methoxy groups -OCH3 is 1. The van der Waals surface area contributed by atoms with Gasteiger partial charge in [0.1, 0.15) is 0 Å². The molecule has 1 atom stereocenters. The van der Waals surface area contributed by atoms with Crippen molar-refractivity contribution in [3.63, 3.8) is 0 Å². The number of carbonyl (C=O) groups excluding carboxylic acids is 2. The monoisotopic (exact) mass is 688 g/mol. The van der Waals surface area contributed by atoms with Crippen LogP contribution in [0.1, 0.15) is 53.3 Å². The maximum absolute atomic E-state index is 13.5. The molecule has 0 unspecified atom stereocenters. The SMILES string of the molecule is COc1nc(-c2ccnc(-c3cccc(NC(=O)c4nc5c(n4C)CCN(CC4CC4)C5)c3Cl)c2Cl)ccc1CNC[C@@H]1CCC(=O)N1. The third kappa shape index (κ3) is 6.78. The highest BCUT2D eigenvalue weighted by molar-refractivity contribution is 6.39. The largest absolute Gasteiger partial charge is 0.481 e. The summed E-state index contributed by atoms with van der Waals surface area (Å²) in [5.74, 6) is 1.40. The number of nitrogens with zero attached hydrogens (tertiary/aromatic N) is 5. The van der Waals surface area contributed by atoms with E-state index in [4.69, 9.17) is 37.9 Å². The zero-order chi connectivity index (χ0) is 33.4. The molecule has 1 saturated heterocycles. The maximum atomic E-state index is 13.5. The highest BCUT2D eigenvalue weighted by Gasteiger charge is 2.30. The van der Waals surface area contributed by atoms with Gasteiger partial charge in [-0.1, -0.05) is 41.4 Å². The number of benzene rings is 1. The number of pyridine rings is 2. The van der Waals surface area contributed by atoms with Crippen LogP contribution >= 0.6 is 23.2 Å².